The third-order valence-electron chi connectivity index (χ3n) is 3.70. The molecule has 0 saturated carbocycles. The molecule has 0 aliphatic carbocycles. The maximum atomic E-state index is 12.0. The van der Waals surface area contributed by atoms with E-state index < -0.39 is 0 Å². The topological polar surface area (TPSA) is 76.1 Å². The van der Waals surface area contributed by atoms with E-state index in [0.29, 0.717) is 28.1 Å². The summed E-state index contributed by atoms with van der Waals surface area (Å²) in [5.41, 5.74) is 0.688. The molecule has 0 radical (unpaired) electrons. The van der Waals surface area contributed by atoms with Crippen molar-refractivity contribution in [1.82, 2.24) is 10.2 Å². The van der Waals surface area contributed by atoms with Gasteiger partial charge in [0.15, 0.2) is 11.6 Å². The van der Waals surface area contributed by atoms with Crippen molar-refractivity contribution in [1.29, 1.82) is 0 Å². The molecular weight excluding hydrogens is 328 g/mol. The predicted molar refractivity (Wildman–Crippen MR) is 96.0 cm³/mol. The van der Waals surface area contributed by atoms with Crippen molar-refractivity contribution in [2.75, 3.05) is 17.7 Å². The lowest BCUT2D eigenvalue weighted by molar-refractivity contribution is -0.120. The Morgan fingerprint density at radius 2 is 1.83 bits per heavy atom. The molecule has 1 amide bonds. The second-order valence-corrected chi connectivity index (χ2v) is 5.71. The Labute approximate surface area is 146 Å². The van der Waals surface area contributed by atoms with Crippen molar-refractivity contribution in [3.05, 3.63) is 35.4 Å². The van der Waals surface area contributed by atoms with E-state index in [-0.39, 0.29) is 11.8 Å². The van der Waals surface area contributed by atoms with Gasteiger partial charge in [0.1, 0.15) is 5.75 Å². The quantitative estimate of drug-likeness (QED) is 0.782. The molecule has 128 valence electrons. The maximum absolute atomic E-state index is 12.0. The summed E-state index contributed by atoms with van der Waals surface area (Å²) in [6.45, 7) is 3.98. The van der Waals surface area contributed by atoms with Gasteiger partial charge in [-0.1, -0.05) is 25.4 Å². The first-order chi connectivity index (χ1) is 11.6. The molecule has 1 aromatic carbocycles. The molecular formula is C17H21ClN4O2. The second kappa shape index (κ2) is 8.49. The predicted octanol–water partition coefficient (Wildman–Crippen LogP) is 4.26. The number of anilines is 3. The molecule has 0 bridgehead atoms. The Morgan fingerprint density at radius 3 is 2.42 bits per heavy atom. The van der Waals surface area contributed by atoms with Crippen LogP contribution in [0.4, 0.5) is 17.3 Å². The monoisotopic (exact) mass is 348 g/mol. The number of hydrogen-bond acceptors (Lipinski definition) is 5. The lowest BCUT2D eigenvalue weighted by atomic mass is 10.0. The van der Waals surface area contributed by atoms with Crippen LogP contribution in [0.15, 0.2) is 30.3 Å². The summed E-state index contributed by atoms with van der Waals surface area (Å²) in [5.74, 6) is 1.55. The number of methoxy groups -OCH3 is 1. The highest BCUT2D eigenvalue weighted by Gasteiger charge is 2.14. The zero-order valence-electron chi connectivity index (χ0n) is 14.0. The number of rotatable bonds is 7. The Hall–Kier alpha value is -2.34. The van der Waals surface area contributed by atoms with E-state index in [1.807, 2.05) is 13.8 Å². The number of hydrogen-bond donors (Lipinski definition) is 2. The molecule has 1 heterocycles. The molecule has 2 aromatic rings. The van der Waals surface area contributed by atoms with Gasteiger partial charge in [0.25, 0.3) is 0 Å². The fourth-order valence-corrected chi connectivity index (χ4v) is 2.44. The van der Waals surface area contributed by atoms with Crippen LogP contribution in [0.1, 0.15) is 26.7 Å². The largest absolute Gasteiger partial charge is 0.495 e. The van der Waals surface area contributed by atoms with Crippen molar-refractivity contribution < 1.29 is 9.53 Å². The van der Waals surface area contributed by atoms with Crippen LogP contribution >= 0.6 is 11.6 Å². The zero-order chi connectivity index (χ0) is 17.5. The van der Waals surface area contributed by atoms with Gasteiger partial charge >= 0.3 is 0 Å². The number of nitrogens with zero attached hydrogens (tertiary/aromatic N) is 2. The lowest BCUT2D eigenvalue weighted by Crippen LogP contribution is -2.22. The van der Waals surface area contributed by atoms with Crippen LogP contribution in [0.5, 0.6) is 5.75 Å². The summed E-state index contributed by atoms with van der Waals surface area (Å²) >= 11 is 6.00. The highest BCUT2D eigenvalue weighted by molar-refractivity contribution is 6.31. The third-order valence-corrected chi connectivity index (χ3v) is 3.93. The minimum atomic E-state index is -0.0356. The number of benzene rings is 1. The highest BCUT2D eigenvalue weighted by Crippen LogP contribution is 2.29. The van der Waals surface area contributed by atoms with Crippen LogP contribution in [0.2, 0.25) is 5.02 Å². The summed E-state index contributed by atoms with van der Waals surface area (Å²) in [6, 6.07) is 8.68. The molecule has 0 aliphatic heterocycles. The summed E-state index contributed by atoms with van der Waals surface area (Å²) < 4.78 is 5.27. The first kappa shape index (κ1) is 18.0. The van der Waals surface area contributed by atoms with E-state index in [2.05, 4.69) is 20.8 Å². The lowest BCUT2D eigenvalue weighted by Gasteiger charge is -2.13. The molecule has 0 unspecified atom stereocenters. The molecule has 0 atom stereocenters. The summed E-state index contributed by atoms with van der Waals surface area (Å²) in [4.78, 5) is 12.0. The van der Waals surface area contributed by atoms with E-state index in [1.54, 1.807) is 37.4 Å². The first-order valence-corrected chi connectivity index (χ1v) is 8.20. The molecule has 0 fully saturated rings. The van der Waals surface area contributed by atoms with Gasteiger partial charge in [-0.05, 0) is 43.2 Å². The van der Waals surface area contributed by atoms with Gasteiger partial charge in [-0.3, -0.25) is 4.79 Å². The van der Waals surface area contributed by atoms with Gasteiger partial charge in [0.2, 0.25) is 5.91 Å². The smallest absolute Gasteiger partial charge is 0.228 e. The number of carbonyl (C=O) groups is 1. The molecule has 7 heteroatoms. The Morgan fingerprint density at radius 1 is 1.17 bits per heavy atom. The van der Waals surface area contributed by atoms with E-state index in [4.69, 9.17) is 16.3 Å². The third kappa shape index (κ3) is 4.58. The van der Waals surface area contributed by atoms with Crippen molar-refractivity contribution in [3.63, 3.8) is 0 Å². The molecule has 6 nitrogen and oxygen atoms in total. The summed E-state index contributed by atoms with van der Waals surface area (Å²) in [6.07, 6.45) is 1.59. The van der Waals surface area contributed by atoms with Crippen LogP contribution in [-0.2, 0) is 4.79 Å². The standard InChI is InChI=1S/C17H21ClN4O2/c1-4-11(5-2)17(23)20-16-9-8-15(21-22-16)19-13-10-12(18)6-7-14(13)24-3/h6-11H,4-5H2,1-3H3,(H,19,21)(H,20,22,23). The number of ether oxygens (including phenoxy) is 1. The second-order valence-electron chi connectivity index (χ2n) is 5.28. The van der Waals surface area contributed by atoms with Crippen molar-refractivity contribution in [2.24, 2.45) is 5.92 Å². The van der Waals surface area contributed by atoms with E-state index in [9.17, 15) is 4.79 Å². The summed E-state index contributed by atoms with van der Waals surface area (Å²) in [5, 5.41) is 14.6. The molecule has 0 saturated heterocycles. The first-order valence-electron chi connectivity index (χ1n) is 7.82. The molecule has 2 N–H and O–H groups in total. The fourth-order valence-electron chi connectivity index (χ4n) is 2.27. The minimum absolute atomic E-state index is 0.0136. The Balaban J connectivity index is 2.07. The maximum Gasteiger partial charge on any atom is 0.228 e. The minimum Gasteiger partial charge on any atom is -0.495 e. The van der Waals surface area contributed by atoms with Crippen LogP contribution < -0.4 is 15.4 Å². The van der Waals surface area contributed by atoms with Gasteiger partial charge < -0.3 is 15.4 Å². The molecule has 0 aliphatic rings. The number of aromatic nitrogens is 2. The highest BCUT2D eigenvalue weighted by atomic mass is 35.5. The van der Waals surface area contributed by atoms with Gasteiger partial charge in [-0.2, -0.15) is 0 Å². The molecule has 1 aromatic heterocycles. The average molecular weight is 349 g/mol. The zero-order valence-corrected chi connectivity index (χ0v) is 14.7. The van der Waals surface area contributed by atoms with Gasteiger partial charge in [-0.25, -0.2) is 0 Å². The Kier molecular flexibility index (Phi) is 6.37. The van der Waals surface area contributed by atoms with E-state index in [1.165, 1.54) is 0 Å². The van der Waals surface area contributed by atoms with Crippen LogP contribution in [-0.4, -0.2) is 23.2 Å². The van der Waals surface area contributed by atoms with E-state index in [0.717, 1.165) is 12.8 Å². The fraction of sp³-hybridized carbons (Fsp3) is 0.353. The van der Waals surface area contributed by atoms with Crippen molar-refractivity contribution >= 4 is 34.8 Å². The number of nitrogens with one attached hydrogen (secondary N) is 2. The van der Waals surface area contributed by atoms with Gasteiger partial charge in [0.05, 0.1) is 12.8 Å². The van der Waals surface area contributed by atoms with Crippen molar-refractivity contribution in [2.45, 2.75) is 26.7 Å². The number of amides is 1. The SMILES string of the molecule is CCC(CC)C(=O)Nc1ccc(Nc2cc(Cl)ccc2OC)nn1. The average Bonchev–Trinajstić information content (AvgIpc) is 2.58. The van der Waals surface area contributed by atoms with Crippen LogP contribution in [0, 0.1) is 5.92 Å². The van der Waals surface area contributed by atoms with Crippen molar-refractivity contribution in [3.8, 4) is 5.75 Å². The van der Waals surface area contributed by atoms with Gasteiger partial charge in [0, 0.05) is 10.9 Å². The number of halogens is 1. The normalized spacial score (nSPS) is 10.5. The molecule has 24 heavy (non-hydrogen) atoms. The van der Waals surface area contributed by atoms with Crippen LogP contribution in [0.25, 0.3) is 0 Å². The summed E-state index contributed by atoms with van der Waals surface area (Å²) in [7, 11) is 1.58. The molecule has 0 spiro atoms. The van der Waals surface area contributed by atoms with Crippen LogP contribution in [0.3, 0.4) is 0 Å². The molecule has 2 rings (SSSR count). The van der Waals surface area contributed by atoms with Gasteiger partial charge in [-0.15, -0.1) is 10.2 Å². The number of carbonyl (C=O) groups excluding carboxylic acids is 1. The Bertz CT molecular complexity index is 687. The van der Waals surface area contributed by atoms with E-state index >= 15 is 0 Å².